The van der Waals surface area contributed by atoms with Crippen LogP contribution in [0.15, 0.2) is 24.3 Å². The standard InChI is InChI=1S/C15H17N3O3/c1-20-12-8-4-3-6-10(12)14-16-13-9-5-7-11(15(19)21-2)18(13)17-14/h3-4,6,8,11H,5,7,9H2,1-2H3. The second kappa shape index (κ2) is 5.55. The Labute approximate surface area is 122 Å². The molecule has 1 atom stereocenters. The molecule has 2 heterocycles. The number of methoxy groups -OCH3 is 2. The van der Waals surface area contributed by atoms with Crippen molar-refractivity contribution in [3.05, 3.63) is 30.1 Å². The van der Waals surface area contributed by atoms with Crippen molar-refractivity contribution >= 4 is 5.97 Å². The summed E-state index contributed by atoms with van der Waals surface area (Å²) in [5, 5.41) is 4.50. The number of hydrogen-bond donors (Lipinski definition) is 0. The molecule has 3 rings (SSSR count). The SMILES string of the molecule is COC(=O)C1CCCc2nc(-c3ccccc3OC)nn21. The first-order chi connectivity index (χ1) is 10.2. The molecule has 21 heavy (non-hydrogen) atoms. The van der Waals surface area contributed by atoms with Gasteiger partial charge in [-0.25, -0.2) is 14.5 Å². The highest BCUT2D eigenvalue weighted by Crippen LogP contribution is 2.30. The summed E-state index contributed by atoms with van der Waals surface area (Å²) >= 11 is 0. The molecule has 1 aromatic carbocycles. The third-order valence-electron chi connectivity index (χ3n) is 3.70. The zero-order valence-electron chi connectivity index (χ0n) is 12.1. The number of hydrogen-bond acceptors (Lipinski definition) is 5. The molecule has 6 heteroatoms. The second-order valence-corrected chi connectivity index (χ2v) is 4.93. The topological polar surface area (TPSA) is 66.2 Å². The van der Waals surface area contributed by atoms with Gasteiger partial charge in [-0.3, -0.25) is 0 Å². The molecule has 0 saturated carbocycles. The van der Waals surface area contributed by atoms with Crippen LogP contribution in [-0.2, 0) is 16.0 Å². The van der Waals surface area contributed by atoms with E-state index in [9.17, 15) is 4.79 Å². The minimum Gasteiger partial charge on any atom is -0.496 e. The van der Waals surface area contributed by atoms with E-state index in [4.69, 9.17) is 9.47 Å². The van der Waals surface area contributed by atoms with Gasteiger partial charge in [0.05, 0.1) is 19.8 Å². The highest BCUT2D eigenvalue weighted by Gasteiger charge is 2.30. The number of aryl methyl sites for hydroxylation is 1. The lowest BCUT2D eigenvalue weighted by atomic mass is 10.1. The van der Waals surface area contributed by atoms with Crippen LogP contribution in [0.25, 0.3) is 11.4 Å². The fraction of sp³-hybridized carbons (Fsp3) is 0.400. The zero-order chi connectivity index (χ0) is 14.8. The summed E-state index contributed by atoms with van der Waals surface area (Å²) in [6, 6.07) is 7.21. The van der Waals surface area contributed by atoms with Crippen LogP contribution in [0.4, 0.5) is 0 Å². The maximum atomic E-state index is 11.9. The molecule has 0 fully saturated rings. The first kappa shape index (κ1) is 13.6. The van der Waals surface area contributed by atoms with Gasteiger partial charge >= 0.3 is 5.97 Å². The van der Waals surface area contributed by atoms with E-state index in [2.05, 4.69) is 10.1 Å². The summed E-state index contributed by atoms with van der Waals surface area (Å²) < 4.78 is 11.9. The molecule has 0 N–H and O–H groups in total. The molecule has 0 spiro atoms. The highest BCUT2D eigenvalue weighted by molar-refractivity contribution is 5.74. The van der Waals surface area contributed by atoms with Gasteiger partial charge in [-0.15, -0.1) is 5.10 Å². The van der Waals surface area contributed by atoms with Gasteiger partial charge in [0.25, 0.3) is 0 Å². The van der Waals surface area contributed by atoms with Gasteiger partial charge in [0.1, 0.15) is 11.6 Å². The van der Waals surface area contributed by atoms with Crippen LogP contribution in [0.3, 0.4) is 0 Å². The lowest BCUT2D eigenvalue weighted by Gasteiger charge is -2.20. The molecular formula is C15H17N3O3. The lowest BCUT2D eigenvalue weighted by Crippen LogP contribution is -2.27. The molecule has 1 aromatic heterocycles. The number of aromatic nitrogens is 3. The number of para-hydroxylation sites is 1. The first-order valence-electron chi connectivity index (χ1n) is 6.91. The number of esters is 1. The summed E-state index contributed by atoms with van der Waals surface area (Å²) in [7, 11) is 3.01. The third-order valence-corrected chi connectivity index (χ3v) is 3.70. The Morgan fingerprint density at radius 3 is 2.90 bits per heavy atom. The summed E-state index contributed by atoms with van der Waals surface area (Å²) in [5.41, 5.74) is 0.825. The zero-order valence-corrected chi connectivity index (χ0v) is 12.1. The van der Waals surface area contributed by atoms with Gasteiger partial charge in [0.15, 0.2) is 11.9 Å². The van der Waals surface area contributed by atoms with E-state index in [0.29, 0.717) is 5.82 Å². The van der Waals surface area contributed by atoms with Crippen LogP contribution in [0.5, 0.6) is 5.75 Å². The van der Waals surface area contributed by atoms with E-state index < -0.39 is 0 Å². The van der Waals surface area contributed by atoms with Crippen LogP contribution in [-0.4, -0.2) is 35.0 Å². The maximum Gasteiger partial charge on any atom is 0.330 e. The third kappa shape index (κ3) is 2.37. The van der Waals surface area contributed by atoms with Crippen LogP contribution in [0.2, 0.25) is 0 Å². The van der Waals surface area contributed by atoms with E-state index >= 15 is 0 Å². The molecule has 0 saturated heterocycles. The average molecular weight is 287 g/mol. The van der Waals surface area contributed by atoms with Crippen molar-refractivity contribution in [3.63, 3.8) is 0 Å². The molecule has 1 aliphatic heterocycles. The molecule has 0 aliphatic carbocycles. The molecular weight excluding hydrogens is 270 g/mol. The molecule has 1 unspecified atom stereocenters. The summed E-state index contributed by atoms with van der Waals surface area (Å²) in [6.45, 7) is 0. The monoisotopic (exact) mass is 287 g/mol. The first-order valence-corrected chi connectivity index (χ1v) is 6.91. The van der Waals surface area contributed by atoms with Crippen LogP contribution in [0, 0.1) is 0 Å². The smallest absolute Gasteiger partial charge is 0.330 e. The van der Waals surface area contributed by atoms with Crippen molar-refractivity contribution in [3.8, 4) is 17.1 Å². The number of carbonyl (C=O) groups is 1. The van der Waals surface area contributed by atoms with Gasteiger partial charge in [-0.05, 0) is 25.0 Å². The molecule has 0 bridgehead atoms. The molecule has 1 aliphatic rings. The number of carbonyl (C=O) groups excluding carboxylic acids is 1. The molecule has 0 amide bonds. The molecule has 0 radical (unpaired) electrons. The number of fused-ring (bicyclic) bond motifs is 1. The summed E-state index contributed by atoms with van der Waals surface area (Å²) in [6.07, 6.45) is 2.45. The van der Waals surface area contributed by atoms with Crippen molar-refractivity contribution in [2.24, 2.45) is 0 Å². The molecule has 2 aromatic rings. The van der Waals surface area contributed by atoms with Gasteiger partial charge in [-0.2, -0.15) is 0 Å². The van der Waals surface area contributed by atoms with Gasteiger partial charge in [0, 0.05) is 6.42 Å². The Kier molecular flexibility index (Phi) is 3.60. The maximum absolute atomic E-state index is 11.9. The highest BCUT2D eigenvalue weighted by atomic mass is 16.5. The minimum absolute atomic E-state index is 0.271. The van der Waals surface area contributed by atoms with Gasteiger partial charge in [0.2, 0.25) is 0 Å². The minimum atomic E-state index is -0.380. The van der Waals surface area contributed by atoms with Crippen LogP contribution >= 0.6 is 0 Å². The summed E-state index contributed by atoms with van der Waals surface area (Å²) in [4.78, 5) is 16.4. The van der Waals surface area contributed by atoms with Crippen LogP contribution < -0.4 is 4.74 Å². The van der Waals surface area contributed by atoms with Crippen molar-refractivity contribution in [1.82, 2.24) is 14.8 Å². The Hall–Kier alpha value is -2.37. The van der Waals surface area contributed by atoms with Crippen molar-refractivity contribution < 1.29 is 14.3 Å². The normalized spacial score (nSPS) is 17.1. The van der Waals surface area contributed by atoms with Crippen molar-refractivity contribution in [2.45, 2.75) is 25.3 Å². The van der Waals surface area contributed by atoms with Crippen LogP contribution in [0.1, 0.15) is 24.7 Å². The predicted octanol–water partition coefficient (Wildman–Crippen LogP) is 2.00. The van der Waals surface area contributed by atoms with Gasteiger partial charge in [-0.1, -0.05) is 12.1 Å². The Morgan fingerprint density at radius 1 is 1.33 bits per heavy atom. The number of nitrogens with zero attached hydrogens (tertiary/aromatic N) is 3. The largest absolute Gasteiger partial charge is 0.496 e. The fourth-order valence-corrected chi connectivity index (χ4v) is 2.65. The number of rotatable bonds is 3. The van der Waals surface area contributed by atoms with E-state index in [-0.39, 0.29) is 12.0 Å². The predicted molar refractivity (Wildman–Crippen MR) is 76.0 cm³/mol. The lowest BCUT2D eigenvalue weighted by molar-refractivity contribution is -0.145. The van der Waals surface area contributed by atoms with Crippen molar-refractivity contribution in [2.75, 3.05) is 14.2 Å². The Bertz CT molecular complexity index is 666. The number of benzene rings is 1. The van der Waals surface area contributed by atoms with Crippen molar-refractivity contribution in [1.29, 1.82) is 0 Å². The summed E-state index contributed by atoms with van der Waals surface area (Å²) in [5.74, 6) is 1.85. The fourth-order valence-electron chi connectivity index (χ4n) is 2.65. The van der Waals surface area contributed by atoms with Gasteiger partial charge < -0.3 is 9.47 Å². The van der Waals surface area contributed by atoms with E-state index in [0.717, 1.165) is 36.4 Å². The van der Waals surface area contributed by atoms with E-state index in [1.54, 1.807) is 11.8 Å². The quantitative estimate of drug-likeness (QED) is 0.808. The number of ether oxygens (including phenoxy) is 2. The second-order valence-electron chi connectivity index (χ2n) is 4.93. The molecule has 110 valence electrons. The Morgan fingerprint density at radius 2 is 2.14 bits per heavy atom. The van der Waals surface area contributed by atoms with E-state index in [1.807, 2.05) is 24.3 Å². The Balaban J connectivity index is 2.04. The molecule has 6 nitrogen and oxygen atoms in total. The van der Waals surface area contributed by atoms with E-state index in [1.165, 1.54) is 7.11 Å². The average Bonchev–Trinajstić information content (AvgIpc) is 2.97.